The summed E-state index contributed by atoms with van der Waals surface area (Å²) in [4.78, 5) is 23.0. The van der Waals surface area contributed by atoms with Crippen molar-refractivity contribution in [1.82, 2.24) is 5.32 Å². The van der Waals surface area contributed by atoms with Crippen LogP contribution in [0.3, 0.4) is 0 Å². The van der Waals surface area contributed by atoms with Crippen molar-refractivity contribution in [1.29, 1.82) is 0 Å². The lowest BCUT2D eigenvalue weighted by atomic mass is 9.82. The Morgan fingerprint density at radius 1 is 1.28 bits per heavy atom. The van der Waals surface area contributed by atoms with Gasteiger partial charge in [0.05, 0.1) is 12.0 Å². The van der Waals surface area contributed by atoms with Crippen molar-refractivity contribution in [2.75, 3.05) is 20.8 Å². The van der Waals surface area contributed by atoms with Crippen molar-refractivity contribution in [3.8, 4) is 0 Å². The predicted molar refractivity (Wildman–Crippen MR) is 64.0 cm³/mol. The number of carboxylic acids is 1. The van der Waals surface area contributed by atoms with Crippen molar-refractivity contribution in [2.45, 2.75) is 38.4 Å². The van der Waals surface area contributed by atoms with Crippen molar-refractivity contribution < 1.29 is 24.2 Å². The van der Waals surface area contributed by atoms with Crippen molar-refractivity contribution in [3.05, 3.63) is 0 Å². The number of carboxylic acid groups (broad SMARTS) is 1. The minimum absolute atomic E-state index is 0.0302. The summed E-state index contributed by atoms with van der Waals surface area (Å²) in [5.74, 6) is -1.14. The first kappa shape index (κ1) is 14.9. The Hall–Kier alpha value is -1.14. The van der Waals surface area contributed by atoms with Gasteiger partial charge in [0.1, 0.15) is 0 Å². The second kappa shape index (κ2) is 6.70. The summed E-state index contributed by atoms with van der Waals surface area (Å²) in [6.45, 7) is 0.224. The highest BCUT2D eigenvalue weighted by Crippen LogP contribution is 2.41. The average Bonchev–Trinajstić information content (AvgIpc) is 2.80. The summed E-state index contributed by atoms with van der Waals surface area (Å²) < 4.78 is 9.88. The largest absolute Gasteiger partial charge is 0.481 e. The SMILES string of the molecule is COC(CNC(=O)CC1(C(=O)O)CCCC1)OC. The molecular formula is C12H21NO5. The summed E-state index contributed by atoms with van der Waals surface area (Å²) >= 11 is 0. The van der Waals surface area contributed by atoms with Gasteiger partial charge < -0.3 is 19.9 Å². The molecule has 0 unspecified atom stereocenters. The standard InChI is InChI=1S/C12H21NO5/c1-17-10(18-2)8-13-9(14)7-12(11(15)16)5-3-4-6-12/h10H,3-8H2,1-2H3,(H,13,14)(H,15,16). The molecule has 1 fully saturated rings. The molecule has 0 spiro atoms. The van der Waals surface area contributed by atoms with E-state index in [9.17, 15) is 14.7 Å². The van der Waals surface area contributed by atoms with E-state index in [4.69, 9.17) is 9.47 Å². The predicted octanol–water partition coefficient (Wildman–Crippen LogP) is 0.757. The van der Waals surface area contributed by atoms with Crippen LogP contribution in [0.5, 0.6) is 0 Å². The van der Waals surface area contributed by atoms with Crippen molar-refractivity contribution >= 4 is 11.9 Å². The zero-order valence-corrected chi connectivity index (χ0v) is 10.9. The second-order valence-electron chi connectivity index (χ2n) is 4.67. The fraction of sp³-hybridized carbons (Fsp3) is 0.833. The average molecular weight is 259 g/mol. The van der Waals surface area contributed by atoms with E-state index < -0.39 is 17.7 Å². The molecule has 1 amide bonds. The molecule has 18 heavy (non-hydrogen) atoms. The quantitative estimate of drug-likeness (QED) is 0.659. The molecule has 0 saturated heterocycles. The third-order valence-electron chi connectivity index (χ3n) is 3.50. The highest BCUT2D eigenvalue weighted by Gasteiger charge is 2.42. The smallest absolute Gasteiger partial charge is 0.310 e. The molecular weight excluding hydrogens is 238 g/mol. The molecule has 2 N–H and O–H groups in total. The zero-order valence-electron chi connectivity index (χ0n) is 10.9. The molecule has 0 aliphatic heterocycles. The van der Waals surface area contributed by atoms with Crippen molar-refractivity contribution in [3.63, 3.8) is 0 Å². The van der Waals surface area contributed by atoms with Crippen LogP contribution in [-0.2, 0) is 19.1 Å². The number of methoxy groups -OCH3 is 2. The number of ether oxygens (including phenoxy) is 2. The molecule has 0 radical (unpaired) electrons. The van der Waals surface area contributed by atoms with E-state index in [0.29, 0.717) is 12.8 Å². The highest BCUT2D eigenvalue weighted by atomic mass is 16.7. The monoisotopic (exact) mass is 259 g/mol. The maximum Gasteiger partial charge on any atom is 0.310 e. The molecule has 1 aliphatic rings. The Kier molecular flexibility index (Phi) is 5.55. The molecule has 1 aliphatic carbocycles. The molecule has 1 saturated carbocycles. The molecule has 6 nitrogen and oxygen atoms in total. The number of aliphatic carboxylic acids is 1. The molecule has 1 rings (SSSR count). The highest BCUT2D eigenvalue weighted by molar-refractivity contribution is 5.85. The molecule has 0 bridgehead atoms. The molecule has 0 atom stereocenters. The van der Waals surface area contributed by atoms with E-state index in [1.54, 1.807) is 0 Å². The fourth-order valence-corrected chi connectivity index (χ4v) is 2.35. The maximum absolute atomic E-state index is 11.8. The lowest BCUT2D eigenvalue weighted by Crippen LogP contribution is -2.39. The van der Waals surface area contributed by atoms with Gasteiger partial charge in [0.2, 0.25) is 5.91 Å². The summed E-state index contributed by atoms with van der Waals surface area (Å²) in [6.07, 6.45) is 2.43. The van der Waals surface area contributed by atoms with Crippen LogP contribution in [0, 0.1) is 5.41 Å². The van der Waals surface area contributed by atoms with Gasteiger partial charge in [0.15, 0.2) is 6.29 Å². The van der Waals surface area contributed by atoms with Gasteiger partial charge in [-0.15, -0.1) is 0 Å². The van der Waals surface area contributed by atoms with Gasteiger partial charge in [-0.25, -0.2) is 0 Å². The second-order valence-corrected chi connectivity index (χ2v) is 4.67. The zero-order chi connectivity index (χ0) is 13.6. The number of hydrogen-bond acceptors (Lipinski definition) is 4. The van der Waals surface area contributed by atoms with Gasteiger partial charge in [0.25, 0.3) is 0 Å². The number of amides is 1. The number of nitrogens with one attached hydrogen (secondary N) is 1. The van der Waals surface area contributed by atoms with Gasteiger partial charge in [-0.3, -0.25) is 9.59 Å². The molecule has 0 aromatic carbocycles. The van der Waals surface area contributed by atoms with Crippen LogP contribution in [0.25, 0.3) is 0 Å². The molecule has 0 heterocycles. The Labute approximate surface area is 107 Å². The van der Waals surface area contributed by atoms with E-state index in [-0.39, 0.29) is 18.9 Å². The van der Waals surface area contributed by atoms with E-state index in [1.165, 1.54) is 14.2 Å². The van der Waals surface area contributed by atoms with Gasteiger partial charge in [-0.1, -0.05) is 12.8 Å². The Morgan fingerprint density at radius 3 is 2.28 bits per heavy atom. The summed E-state index contributed by atoms with van der Waals surface area (Å²) in [6, 6.07) is 0. The lowest BCUT2D eigenvalue weighted by molar-refractivity contribution is -0.152. The van der Waals surface area contributed by atoms with Crippen LogP contribution < -0.4 is 5.32 Å². The van der Waals surface area contributed by atoms with Crippen LogP contribution in [0.2, 0.25) is 0 Å². The van der Waals surface area contributed by atoms with E-state index in [2.05, 4.69) is 5.32 Å². The first-order chi connectivity index (χ1) is 8.54. The summed E-state index contributed by atoms with van der Waals surface area (Å²) in [5.41, 5.74) is -0.875. The Morgan fingerprint density at radius 2 is 1.83 bits per heavy atom. The van der Waals surface area contributed by atoms with E-state index >= 15 is 0 Å². The minimum Gasteiger partial charge on any atom is -0.481 e. The normalized spacial score (nSPS) is 17.9. The fourth-order valence-electron chi connectivity index (χ4n) is 2.35. The van der Waals surface area contributed by atoms with Gasteiger partial charge >= 0.3 is 5.97 Å². The van der Waals surface area contributed by atoms with Crippen LogP contribution in [0.15, 0.2) is 0 Å². The molecule has 0 aromatic heterocycles. The Bertz CT molecular complexity index is 295. The van der Waals surface area contributed by atoms with Crippen LogP contribution >= 0.6 is 0 Å². The van der Waals surface area contributed by atoms with Gasteiger partial charge in [-0.05, 0) is 12.8 Å². The first-order valence-electron chi connectivity index (χ1n) is 6.10. The maximum atomic E-state index is 11.8. The Balaban J connectivity index is 2.45. The van der Waals surface area contributed by atoms with Crippen molar-refractivity contribution in [2.24, 2.45) is 5.41 Å². The number of carbonyl (C=O) groups excluding carboxylic acids is 1. The minimum atomic E-state index is -0.875. The number of carbonyl (C=O) groups is 2. The topological polar surface area (TPSA) is 84.9 Å². The summed E-state index contributed by atoms with van der Waals surface area (Å²) in [7, 11) is 2.96. The third-order valence-corrected chi connectivity index (χ3v) is 3.50. The van der Waals surface area contributed by atoms with Gasteiger partial charge in [0, 0.05) is 20.6 Å². The van der Waals surface area contributed by atoms with Crippen LogP contribution in [0.4, 0.5) is 0 Å². The van der Waals surface area contributed by atoms with Crippen LogP contribution in [0.1, 0.15) is 32.1 Å². The molecule has 0 aromatic rings. The molecule has 104 valence electrons. The number of hydrogen-bond donors (Lipinski definition) is 2. The van der Waals surface area contributed by atoms with E-state index in [0.717, 1.165) is 12.8 Å². The van der Waals surface area contributed by atoms with Crippen LogP contribution in [-0.4, -0.2) is 44.0 Å². The number of rotatable bonds is 7. The first-order valence-corrected chi connectivity index (χ1v) is 6.10. The summed E-state index contributed by atoms with van der Waals surface area (Å²) in [5, 5.41) is 11.9. The van der Waals surface area contributed by atoms with E-state index in [1.807, 2.05) is 0 Å². The lowest BCUT2D eigenvalue weighted by Gasteiger charge is -2.23. The molecule has 6 heteroatoms. The van der Waals surface area contributed by atoms with Gasteiger partial charge in [-0.2, -0.15) is 0 Å². The third kappa shape index (κ3) is 3.68.